The quantitative estimate of drug-likeness (QED) is 0.842. The normalized spacial score (nSPS) is 19.6. The molecule has 0 radical (unpaired) electrons. The van der Waals surface area contributed by atoms with Crippen molar-refractivity contribution in [2.45, 2.75) is 12.6 Å². The molecule has 0 saturated carbocycles. The first-order valence-electron chi connectivity index (χ1n) is 6.22. The van der Waals surface area contributed by atoms with Crippen molar-refractivity contribution in [3.63, 3.8) is 0 Å². The van der Waals surface area contributed by atoms with Crippen LogP contribution in [0, 0.1) is 0 Å². The lowest BCUT2D eigenvalue weighted by Crippen LogP contribution is -2.38. The molecule has 0 bridgehead atoms. The van der Waals surface area contributed by atoms with Gasteiger partial charge in [0.15, 0.2) is 0 Å². The molecule has 1 atom stereocenters. The average molecular weight is 266 g/mol. The Morgan fingerprint density at radius 3 is 3.05 bits per heavy atom. The molecular formula is C13H18N2O4. The number of nitrogens with zero attached hydrogens (tertiary/aromatic N) is 2. The Bertz CT molecular complexity index is 432. The Morgan fingerprint density at radius 2 is 2.37 bits per heavy atom. The van der Waals surface area contributed by atoms with Crippen LogP contribution in [0.15, 0.2) is 18.2 Å². The van der Waals surface area contributed by atoms with Crippen molar-refractivity contribution in [3.8, 4) is 0 Å². The predicted molar refractivity (Wildman–Crippen MR) is 68.1 cm³/mol. The van der Waals surface area contributed by atoms with E-state index in [0.717, 1.165) is 12.2 Å². The van der Waals surface area contributed by atoms with Gasteiger partial charge in [-0.3, -0.25) is 4.90 Å². The summed E-state index contributed by atoms with van der Waals surface area (Å²) in [7, 11) is 1.95. The minimum absolute atomic E-state index is 0.0707. The highest BCUT2D eigenvalue weighted by molar-refractivity contribution is 5.85. The van der Waals surface area contributed by atoms with E-state index in [1.165, 1.54) is 6.07 Å². The van der Waals surface area contributed by atoms with Gasteiger partial charge >= 0.3 is 5.97 Å². The molecule has 0 spiro atoms. The second-order valence-electron chi connectivity index (χ2n) is 4.58. The SMILES string of the molecule is CN(Cc1cccc(C(=O)O)n1)C[C@@H]1COCCO1. The van der Waals surface area contributed by atoms with Gasteiger partial charge in [0.05, 0.1) is 31.6 Å². The van der Waals surface area contributed by atoms with Crippen LogP contribution in [0.5, 0.6) is 0 Å². The fourth-order valence-electron chi connectivity index (χ4n) is 2.02. The summed E-state index contributed by atoms with van der Waals surface area (Å²) in [5, 5.41) is 8.89. The number of pyridine rings is 1. The Morgan fingerprint density at radius 1 is 1.53 bits per heavy atom. The van der Waals surface area contributed by atoms with Crippen molar-refractivity contribution >= 4 is 5.97 Å². The number of hydrogen-bond donors (Lipinski definition) is 1. The van der Waals surface area contributed by atoms with Gasteiger partial charge in [-0.1, -0.05) is 6.07 Å². The first-order chi connectivity index (χ1) is 9.15. The zero-order valence-corrected chi connectivity index (χ0v) is 10.9. The molecule has 1 saturated heterocycles. The molecule has 0 unspecified atom stereocenters. The van der Waals surface area contributed by atoms with E-state index >= 15 is 0 Å². The fraction of sp³-hybridized carbons (Fsp3) is 0.538. The molecule has 6 heteroatoms. The number of aromatic nitrogens is 1. The summed E-state index contributed by atoms with van der Waals surface area (Å²) in [6, 6.07) is 5.02. The summed E-state index contributed by atoms with van der Waals surface area (Å²) < 4.78 is 10.9. The second kappa shape index (κ2) is 6.60. The molecule has 104 valence electrons. The summed E-state index contributed by atoms with van der Waals surface area (Å²) in [4.78, 5) is 17.0. The monoisotopic (exact) mass is 266 g/mol. The molecule has 0 amide bonds. The summed E-state index contributed by atoms with van der Waals surface area (Å²) >= 11 is 0. The van der Waals surface area contributed by atoms with Crippen LogP contribution in [0.3, 0.4) is 0 Å². The predicted octanol–water partition coefficient (Wildman–Crippen LogP) is 0.627. The molecule has 1 aromatic heterocycles. The van der Waals surface area contributed by atoms with Gasteiger partial charge in [0.25, 0.3) is 0 Å². The van der Waals surface area contributed by atoms with E-state index in [4.69, 9.17) is 14.6 Å². The average Bonchev–Trinajstić information content (AvgIpc) is 2.40. The van der Waals surface area contributed by atoms with Crippen LogP contribution in [-0.4, -0.2) is 60.5 Å². The van der Waals surface area contributed by atoms with Crippen LogP contribution in [0.4, 0.5) is 0 Å². The number of rotatable bonds is 5. The Labute approximate surface area is 112 Å². The summed E-state index contributed by atoms with van der Waals surface area (Å²) in [5.74, 6) is -1.01. The first-order valence-corrected chi connectivity index (χ1v) is 6.22. The van der Waals surface area contributed by atoms with E-state index in [0.29, 0.717) is 26.4 Å². The molecule has 0 aliphatic carbocycles. The molecule has 1 N–H and O–H groups in total. The lowest BCUT2D eigenvalue weighted by Gasteiger charge is -2.27. The van der Waals surface area contributed by atoms with E-state index < -0.39 is 5.97 Å². The van der Waals surface area contributed by atoms with Crippen molar-refractivity contribution in [1.82, 2.24) is 9.88 Å². The van der Waals surface area contributed by atoms with Gasteiger partial charge in [-0.25, -0.2) is 9.78 Å². The van der Waals surface area contributed by atoms with Gasteiger partial charge < -0.3 is 14.6 Å². The van der Waals surface area contributed by atoms with Gasteiger partial charge in [0.1, 0.15) is 5.69 Å². The Hall–Kier alpha value is -1.50. The van der Waals surface area contributed by atoms with Crippen LogP contribution in [0.25, 0.3) is 0 Å². The summed E-state index contributed by atoms with van der Waals surface area (Å²) in [5.41, 5.74) is 0.808. The first kappa shape index (κ1) is 13.9. The number of carboxylic acids is 1. The molecule has 1 aliphatic rings. The van der Waals surface area contributed by atoms with Crippen LogP contribution in [0.2, 0.25) is 0 Å². The van der Waals surface area contributed by atoms with Crippen molar-refractivity contribution in [2.24, 2.45) is 0 Å². The maximum atomic E-state index is 10.8. The van der Waals surface area contributed by atoms with E-state index in [1.807, 2.05) is 18.0 Å². The van der Waals surface area contributed by atoms with Gasteiger partial charge in [0, 0.05) is 13.1 Å². The lowest BCUT2D eigenvalue weighted by molar-refractivity contribution is -0.0963. The Kier molecular flexibility index (Phi) is 4.84. The van der Waals surface area contributed by atoms with E-state index in [9.17, 15) is 4.79 Å². The third-order valence-electron chi connectivity index (χ3n) is 2.86. The maximum absolute atomic E-state index is 10.8. The van der Waals surface area contributed by atoms with Crippen LogP contribution in [-0.2, 0) is 16.0 Å². The highest BCUT2D eigenvalue weighted by atomic mass is 16.6. The lowest BCUT2D eigenvalue weighted by atomic mass is 10.2. The Balaban J connectivity index is 1.88. The standard InChI is InChI=1S/C13H18N2O4/c1-15(8-11-9-18-5-6-19-11)7-10-3-2-4-12(14-10)13(16)17/h2-4,11H,5-9H2,1H3,(H,16,17)/t11-/m1/s1. The highest BCUT2D eigenvalue weighted by Crippen LogP contribution is 2.06. The smallest absolute Gasteiger partial charge is 0.354 e. The maximum Gasteiger partial charge on any atom is 0.354 e. The number of ether oxygens (including phenoxy) is 2. The number of hydrogen-bond acceptors (Lipinski definition) is 5. The van der Waals surface area contributed by atoms with E-state index in [1.54, 1.807) is 6.07 Å². The molecule has 19 heavy (non-hydrogen) atoms. The zero-order valence-electron chi connectivity index (χ0n) is 10.9. The van der Waals surface area contributed by atoms with Crippen LogP contribution in [0.1, 0.15) is 16.2 Å². The third kappa shape index (κ3) is 4.27. The largest absolute Gasteiger partial charge is 0.477 e. The fourth-order valence-corrected chi connectivity index (χ4v) is 2.02. The summed E-state index contributed by atoms with van der Waals surface area (Å²) in [6.07, 6.45) is 0.0707. The van der Waals surface area contributed by atoms with Gasteiger partial charge in [-0.05, 0) is 19.2 Å². The van der Waals surface area contributed by atoms with E-state index in [-0.39, 0.29) is 11.8 Å². The molecule has 2 heterocycles. The summed E-state index contributed by atoms with van der Waals surface area (Å²) in [6.45, 7) is 3.21. The molecule has 1 fully saturated rings. The number of carboxylic acid groups (broad SMARTS) is 1. The van der Waals surface area contributed by atoms with E-state index in [2.05, 4.69) is 4.98 Å². The van der Waals surface area contributed by atoms with Crippen molar-refractivity contribution in [3.05, 3.63) is 29.6 Å². The van der Waals surface area contributed by atoms with Gasteiger partial charge in [-0.2, -0.15) is 0 Å². The van der Waals surface area contributed by atoms with Gasteiger partial charge in [-0.15, -0.1) is 0 Å². The molecule has 2 rings (SSSR count). The molecule has 6 nitrogen and oxygen atoms in total. The van der Waals surface area contributed by atoms with Crippen molar-refractivity contribution in [1.29, 1.82) is 0 Å². The van der Waals surface area contributed by atoms with Crippen molar-refractivity contribution < 1.29 is 19.4 Å². The van der Waals surface area contributed by atoms with Crippen LogP contribution >= 0.6 is 0 Å². The molecule has 1 aromatic rings. The topological polar surface area (TPSA) is 71.9 Å². The zero-order chi connectivity index (χ0) is 13.7. The molecule has 1 aliphatic heterocycles. The second-order valence-corrected chi connectivity index (χ2v) is 4.58. The van der Waals surface area contributed by atoms with Crippen molar-refractivity contribution in [2.75, 3.05) is 33.4 Å². The highest BCUT2D eigenvalue weighted by Gasteiger charge is 2.17. The minimum atomic E-state index is -1.01. The van der Waals surface area contributed by atoms with Gasteiger partial charge in [0.2, 0.25) is 0 Å². The number of carbonyl (C=O) groups is 1. The molecular weight excluding hydrogens is 248 g/mol. The molecule has 0 aromatic carbocycles. The minimum Gasteiger partial charge on any atom is -0.477 e. The number of likely N-dealkylation sites (N-methyl/N-ethyl adjacent to an activating group) is 1. The van der Waals surface area contributed by atoms with Crippen LogP contribution < -0.4 is 0 Å². The number of aromatic carboxylic acids is 1. The third-order valence-corrected chi connectivity index (χ3v) is 2.86.